The van der Waals surface area contributed by atoms with Crippen LogP contribution in [0, 0.1) is 0 Å². The Labute approximate surface area is 98.3 Å². The summed E-state index contributed by atoms with van der Waals surface area (Å²) in [6, 6.07) is 0.546. The van der Waals surface area contributed by atoms with Gasteiger partial charge in [0.1, 0.15) is 6.34 Å². The number of rotatable bonds is 2. The second-order valence-electron chi connectivity index (χ2n) is 3.29. The van der Waals surface area contributed by atoms with Gasteiger partial charge in [-0.25, -0.2) is 10.4 Å². The number of nitrogens with zero attached hydrogens (tertiary/aromatic N) is 2. The highest BCUT2D eigenvalue weighted by Crippen LogP contribution is 2.10. The van der Waals surface area contributed by atoms with E-state index >= 15 is 0 Å². The van der Waals surface area contributed by atoms with Crippen LogP contribution in [0.5, 0.6) is 0 Å². The molecule has 0 aromatic carbocycles. The van der Waals surface area contributed by atoms with Crippen LogP contribution >= 0.6 is 28.3 Å². The van der Waals surface area contributed by atoms with Crippen LogP contribution in [0.4, 0.5) is 0 Å². The first-order valence-electron chi connectivity index (χ1n) is 4.46. The molecule has 0 radical (unpaired) electrons. The van der Waals surface area contributed by atoms with Gasteiger partial charge in [0.25, 0.3) is 0 Å². The number of nitrogens with one attached hydrogen (secondary N) is 2. The second-order valence-corrected chi connectivity index (χ2v) is 4.31. The van der Waals surface area contributed by atoms with Crippen LogP contribution in [0.2, 0.25) is 0 Å². The summed E-state index contributed by atoms with van der Waals surface area (Å²) in [7, 11) is 0. The molecule has 0 aromatic rings. The van der Waals surface area contributed by atoms with Gasteiger partial charge in [-0.3, -0.25) is 5.01 Å². The Balaban J connectivity index is 0.000000980. The van der Waals surface area contributed by atoms with Crippen LogP contribution in [0.3, 0.4) is 0 Å². The van der Waals surface area contributed by atoms with Gasteiger partial charge in [0.2, 0.25) is 0 Å². The summed E-state index contributed by atoms with van der Waals surface area (Å²) in [4.78, 5) is 4.09. The standard InChI is InChI=1S/C8H13BrN4.ClH/c9-7-3-11-6-13(5-7)12-8-1-2-10-4-8;/h3,6,8,10,12H,1-2,4-5H2;1H. The SMILES string of the molecule is BrC1=CN=CN(NC2CCNC2)C1.Cl. The zero-order valence-electron chi connectivity index (χ0n) is 7.74. The zero-order chi connectivity index (χ0) is 9.10. The highest BCUT2D eigenvalue weighted by atomic mass is 79.9. The Kier molecular flexibility index (Phi) is 4.88. The predicted molar refractivity (Wildman–Crippen MR) is 63.9 cm³/mol. The monoisotopic (exact) mass is 280 g/mol. The Morgan fingerprint density at radius 3 is 3.14 bits per heavy atom. The van der Waals surface area contributed by atoms with E-state index in [0.717, 1.165) is 24.1 Å². The van der Waals surface area contributed by atoms with Crippen LogP contribution in [0.25, 0.3) is 0 Å². The molecule has 0 saturated carbocycles. The third-order valence-electron chi connectivity index (χ3n) is 2.15. The van der Waals surface area contributed by atoms with Crippen molar-refractivity contribution in [1.82, 2.24) is 15.8 Å². The summed E-state index contributed by atoms with van der Waals surface area (Å²) in [5.41, 5.74) is 3.40. The van der Waals surface area contributed by atoms with Gasteiger partial charge in [0, 0.05) is 23.3 Å². The van der Waals surface area contributed by atoms with Gasteiger partial charge in [-0.2, -0.15) is 0 Å². The van der Waals surface area contributed by atoms with Gasteiger partial charge < -0.3 is 5.32 Å². The molecule has 2 N–H and O–H groups in total. The minimum absolute atomic E-state index is 0. The lowest BCUT2D eigenvalue weighted by molar-refractivity contribution is 0.294. The smallest absolute Gasteiger partial charge is 0.105 e. The van der Waals surface area contributed by atoms with E-state index in [1.165, 1.54) is 6.42 Å². The van der Waals surface area contributed by atoms with Crippen molar-refractivity contribution < 1.29 is 0 Å². The third kappa shape index (κ3) is 3.24. The molecule has 4 nitrogen and oxygen atoms in total. The molecule has 2 aliphatic rings. The van der Waals surface area contributed by atoms with Gasteiger partial charge in [0.05, 0.1) is 6.54 Å². The average Bonchev–Trinajstić information content (AvgIpc) is 2.57. The van der Waals surface area contributed by atoms with Crippen LogP contribution < -0.4 is 10.7 Å². The zero-order valence-corrected chi connectivity index (χ0v) is 10.1. The molecule has 0 aliphatic carbocycles. The Morgan fingerprint density at radius 1 is 1.64 bits per heavy atom. The van der Waals surface area contributed by atoms with Crippen LogP contribution in [-0.4, -0.2) is 37.0 Å². The highest BCUT2D eigenvalue weighted by molar-refractivity contribution is 9.11. The van der Waals surface area contributed by atoms with E-state index < -0.39 is 0 Å². The van der Waals surface area contributed by atoms with E-state index in [1.807, 2.05) is 17.5 Å². The molecule has 0 bridgehead atoms. The topological polar surface area (TPSA) is 39.7 Å². The number of hydrazine groups is 1. The van der Waals surface area contributed by atoms with E-state index in [4.69, 9.17) is 0 Å². The molecule has 2 rings (SSSR count). The Bertz CT molecular complexity index is 237. The van der Waals surface area contributed by atoms with Crippen LogP contribution in [0.15, 0.2) is 15.7 Å². The summed E-state index contributed by atoms with van der Waals surface area (Å²) in [5.74, 6) is 0. The Hall–Kier alpha value is -0.100. The predicted octanol–water partition coefficient (Wildman–Crippen LogP) is 0.855. The van der Waals surface area contributed by atoms with E-state index in [-0.39, 0.29) is 12.4 Å². The largest absolute Gasteiger partial charge is 0.315 e. The highest BCUT2D eigenvalue weighted by Gasteiger charge is 2.16. The summed E-state index contributed by atoms with van der Waals surface area (Å²) in [5, 5.41) is 5.33. The normalized spacial score (nSPS) is 25.9. The number of aliphatic imine (C=N–C) groups is 1. The van der Waals surface area contributed by atoms with Crippen molar-refractivity contribution in [3.63, 3.8) is 0 Å². The molecule has 2 heterocycles. The summed E-state index contributed by atoms with van der Waals surface area (Å²) in [6.45, 7) is 3.02. The molecule has 6 heteroatoms. The molecule has 80 valence electrons. The van der Waals surface area contributed by atoms with Crippen LogP contribution in [-0.2, 0) is 0 Å². The van der Waals surface area contributed by atoms with Gasteiger partial charge in [-0.05, 0) is 13.0 Å². The first kappa shape index (κ1) is 12.0. The van der Waals surface area contributed by atoms with Gasteiger partial charge in [0.15, 0.2) is 0 Å². The van der Waals surface area contributed by atoms with Crippen molar-refractivity contribution in [3.05, 3.63) is 10.7 Å². The average molecular weight is 282 g/mol. The number of hydrogen-bond acceptors (Lipinski definition) is 4. The molecule has 0 amide bonds. The second kappa shape index (κ2) is 5.70. The first-order chi connectivity index (χ1) is 6.34. The molecular formula is C8H14BrClN4. The summed E-state index contributed by atoms with van der Waals surface area (Å²) in [6.07, 6.45) is 4.83. The van der Waals surface area contributed by atoms with Gasteiger partial charge in [-0.1, -0.05) is 15.9 Å². The molecule has 1 atom stereocenters. The van der Waals surface area contributed by atoms with Crippen molar-refractivity contribution in [2.75, 3.05) is 19.6 Å². The molecule has 2 aliphatic heterocycles. The molecule has 14 heavy (non-hydrogen) atoms. The quantitative estimate of drug-likeness (QED) is 0.788. The maximum atomic E-state index is 4.09. The number of halogens is 2. The molecule has 0 spiro atoms. The molecule has 0 aromatic heterocycles. The van der Waals surface area contributed by atoms with E-state index in [2.05, 4.69) is 31.7 Å². The lowest BCUT2D eigenvalue weighted by Crippen LogP contribution is -2.46. The van der Waals surface area contributed by atoms with Crippen molar-refractivity contribution in [1.29, 1.82) is 0 Å². The van der Waals surface area contributed by atoms with E-state index in [1.54, 1.807) is 0 Å². The Morgan fingerprint density at radius 2 is 2.50 bits per heavy atom. The van der Waals surface area contributed by atoms with Crippen LogP contribution in [0.1, 0.15) is 6.42 Å². The van der Waals surface area contributed by atoms with Gasteiger partial charge in [-0.15, -0.1) is 12.4 Å². The number of hydrogen-bond donors (Lipinski definition) is 2. The maximum Gasteiger partial charge on any atom is 0.105 e. The van der Waals surface area contributed by atoms with Crippen molar-refractivity contribution in [2.45, 2.75) is 12.5 Å². The lowest BCUT2D eigenvalue weighted by atomic mass is 10.3. The van der Waals surface area contributed by atoms with E-state index in [0.29, 0.717) is 6.04 Å². The molecular weight excluding hydrogens is 267 g/mol. The fraction of sp³-hybridized carbons (Fsp3) is 0.625. The lowest BCUT2D eigenvalue weighted by Gasteiger charge is -2.25. The fourth-order valence-corrected chi connectivity index (χ4v) is 1.91. The van der Waals surface area contributed by atoms with Gasteiger partial charge >= 0.3 is 0 Å². The summed E-state index contributed by atoms with van der Waals surface area (Å²) >= 11 is 3.43. The fourth-order valence-electron chi connectivity index (χ4n) is 1.52. The maximum absolute atomic E-state index is 4.09. The molecule has 1 saturated heterocycles. The molecule has 1 fully saturated rings. The van der Waals surface area contributed by atoms with Crippen molar-refractivity contribution >= 4 is 34.7 Å². The van der Waals surface area contributed by atoms with E-state index in [9.17, 15) is 0 Å². The molecule has 1 unspecified atom stereocenters. The van der Waals surface area contributed by atoms with Crippen molar-refractivity contribution in [3.8, 4) is 0 Å². The van der Waals surface area contributed by atoms with Crippen molar-refractivity contribution in [2.24, 2.45) is 4.99 Å². The minimum atomic E-state index is 0. The first-order valence-corrected chi connectivity index (χ1v) is 5.25. The third-order valence-corrected chi connectivity index (χ3v) is 2.61. The minimum Gasteiger partial charge on any atom is -0.315 e. The summed E-state index contributed by atoms with van der Waals surface area (Å²) < 4.78 is 1.11.